The van der Waals surface area contributed by atoms with Gasteiger partial charge in [-0.3, -0.25) is 9.59 Å². The summed E-state index contributed by atoms with van der Waals surface area (Å²) in [5.41, 5.74) is 2.48. The van der Waals surface area contributed by atoms with E-state index in [-0.39, 0.29) is 18.4 Å². The molecule has 29 heavy (non-hydrogen) atoms. The van der Waals surface area contributed by atoms with Crippen molar-refractivity contribution in [2.45, 2.75) is 0 Å². The Labute approximate surface area is 171 Å². The van der Waals surface area contributed by atoms with Crippen LogP contribution in [0.2, 0.25) is 0 Å². The van der Waals surface area contributed by atoms with Gasteiger partial charge >= 0.3 is 0 Å². The molecule has 4 aromatic rings. The van der Waals surface area contributed by atoms with Crippen LogP contribution in [-0.4, -0.2) is 33.1 Å². The topological polar surface area (TPSA) is 88.9 Å². The molecule has 0 spiro atoms. The number of carbonyl (C=O) groups excluding carboxylic acids is 2. The molecule has 4 rings (SSSR count). The first-order chi connectivity index (χ1) is 14.2. The average Bonchev–Trinajstić information content (AvgIpc) is 3.46. The van der Waals surface area contributed by atoms with Gasteiger partial charge in [-0.15, -0.1) is 11.3 Å². The monoisotopic (exact) mass is 403 g/mol. The Hall–Kier alpha value is -3.78. The molecule has 0 bridgehead atoms. The Morgan fingerprint density at radius 3 is 2.52 bits per heavy atom. The fraction of sp³-hybridized carbons (Fsp3) is 0.0476. The summed E-state index contributed by atoms with van der Waals surface area (Å²) < 4.78 is 1.73. The maximum atomic E-state index is 12.3. The first-order valence-corrected chi connectivity index (χ1v) is 9.70. The van der Waals surface area contributed by atoms with Crippen LogP contribution in [0.1, 0.15) is 9.67 Å². The lowest BCUT2D eigenvalue weighted by Gasteiger charge is -2.07. The Morgan fingerprint density at radius 2 is 1.79 bits per heavy atom. The number of carbonyl (C=O) groups is 2. The first kappa shape index (κ1) is 18.6. The highest BCUT2D eigenvalue weighted by molar-refractivity contribution is 7.16. The van der Waals surface area contributed by atoms with Gasteiger partial charge in [-0.05, 0) is 30.3 Å². The standard InChI is InChI=1S/C21H17N5O2S/c27-19(25-16-7-9-17(10-8-16)26-12-4-11-24-26)14-22-20(28)18-13-23-21(29-18)15-5-2-1-3-6-15/h1-13H,14H2,(H,22,28)(H,25,27). The minimum atomic E-state index is -0.325. The van der Waals surface area contributed by atoms with E-state index < -0.39 is 0 Å². The molecule has 0 aliphatic carbocycles. The van der Waals surface area contributed by atoms with Gasteiger partial charge in [0.2, 0.25) is 5.91 Å². The smallest absolute Gasteiger partial charge is 0.263 e. The lowest BCUT2D eigenvalue weighted by atomic mass is 10.2. The number of amides is 2. The third-order valence-corrected chi connectivity index (χ3v) is 5.12. The van der Waals surface area contributed by atoms with Crippen molar-refractivity contribution in [2.24, 2.45) is 0 Å². The molecule has 0 saturated carbocycles. The molecule has 144 valence electrons. The summed E-state index contributed by atoms with van der Waals surface area (Å²) >= 11 is 1.29. The van der Waals surface area contributed by atoms with Crippen LogP contribution in [-0.2, 0) is 4.79 Å². The van der Waals surface area contributed by atoms with E-state index in [9.17, 15) is 9.59 Å². The lowest BCUT2D eigenvalue weighted by Crippen LogP contribution is -2.32. The largest absolute Gasteiger partial charge is 0.342 e. The van der Waals surface area contributed by atoms with E-state index in [4.69, 9.17) is 0 Å². The minimum absolute atomic E-state index is 0.127. The van der Waals surface area contributed by atoms with Crippen molar-refractivity contribution in [1.29, 1.82) is 0 Å². The van der Waals surface area contributed by atoms with Crippen LogP contribution in [0, 0.1) is 0 Å². The molecule has 2 amide bonds. The highest BCUT2D eigenvalue weighted by Gasteiger charge is 2.13. The van der Waals surface area contributed by atoms with Crippen molar-refractivity contribution in [2.75, 3.05) is 11.9 Å². The van der Waals surface area contributed by atoms with E-state index in [2.05, 4.69) is 20.7 Å². The molecule has 2 heterocycles. The van der Waals surface area contributed by atoms with Crippen LogP contribution in [0.3, 0.4) is 0 Å². The molecule has 0 saturated heterocycles. The quantitative estimate of drug-likeness (QED) is 0.517. The summed E-state index contributed by atoms with van der Waals surface area (Å²) in [6, 6.07) is 18.7. The number of benzene rings is 2. The lowest BCUT2D eigenvalue weighted by molar-refractivity contribution is -0.115. The van der Waals surface area contributed by atoms with Gasteiger partial charge in [0, 0.05) is 23.6 Å². The van der Waals surface area contributed by atoms with Crippen LogP contribution in [0.25, 0.3) is 16.3 Å². The van der Waals surface area contributed by atoms with Crippen LogP contribution in [0.4, 0.5) is 5.69 Å². The van der Waals surface area contributed by atoms with Crippen molar-refractivity contribution in [3.63, 3.8) is 0 Å². The maximum absolute atomic E-state index is 12.3. The number of rotatable bonds is 6. The number of nitrogens with zero attached hydrogens (tertiary/aromatic N) is 3. The van der Waals surface area contributed by atoms with E-state index >= 15 is 0 Å². The van der Waals surface area contributed by atoms with Crippen LogP contribution in [0.15, 0.2) is 79.3 Å². The number of hydrogen-bond acceptors (Lipinski definition) is 5. The molecule has 2 aromatic carbocycles. The number of anilines is 1. The van der Waals surface area contributed by atoms with Gasteiger partial charge in [-0.25, -0.2) is 9.67 Å². The Bertz CT molecular complexity index is 1110. The van der Waals surface area contributed by atoms with Gasteiger partial charge in [-0.1, -0.05) is 30.3 Å². The zero-order valence-electron chi connectivity index (χ0n) is 15.3. The fourth-order valence-corrected chi connectivity index (χ4v) is 3.50. The van der Waals surface area contributed by atoms with Gasteiger partial charge in [0.15, 0.2) is 0 Å². The molecule has 0 unspecified atom stereocenters. The van der Waals surface area contributed by atoms with Crippen molar-refractivity contribution >= 4 is 28.8 Å². The number of aromatic nitrogens is 3. The zero-order valence-corrected chi connectivity index (χ0v) is 16.1. The summed E-state index contributed by atoms with van der Waals surface area (Å²) in [6.45, 7) is -0.127. The van der Waals surface area contributed by atoms with Crippen LogP contribution in [0.5, 0.6) is 0 Å². The molecule has 2 aromatic heterocycles. The number of thiazole rings is 1. The molecule has 0 fully saturated rings. The van der Waals surface area contributed by atoms with Gasteiger partial charge in [0.05, 0.1) is 18.4 Å². The Kier molecular flexibility index (Phi) is 5.44. The molecule has 0 aliphatic heterocycles. The van der Waals surface area contributed by atoms with Gasteiger partial charge in [0.25, 0.3) is 5.91 Å². The van der Waals surface area contributed by atoms with E-state index in [0.717, 1.165) is 16.3 Å². The third kappa shape index (κ3) is 4.56. The highest BCUT2D eigenvalue weighted by atomic mass is 32.1. The predicted octanol–water partition coefficient (Wildman–Crippen LogP) is 3.36. The summed E-state index contributed by atoms with van der Waals surface area (Å²) in [5.74, 6) is -0.633. The summed E-state index contributed by atoms with van der Waals surface area (Å²) in [7, 11) is 0. The van der Waals surface area contributed by atoms with Crippen molar-refractivity contribution < 1.29 is 9.59 Å². The molecule has 7 nitrogen and oxygen atoms in total. The predicted molar refractivity (Wildman–Crippen MR) is 112 cm³/mol. The molecule has 0 radical (unpaired) electrons. The van der Waals surface area contributed by atoms with Gasteiger partial charge in [0.1, 0.15) is 9.88 Å². The number of hydrogen-bond donors (Lipinski definition) is 2. The summed E-state index contributed by atoms with van der Waals surface area (Å²) in [6.07, 6.45) is 5.06. The molecule has 2 N–H and O–H groups in total. The summed E-state index contributed by atoms with van der Waals surface area (Å²) in [4.78, 5) is 29.2. The normalized spacial score (nSPS) is 10.5. The molecular formula is C21H17N5O2S. The second-order valence-corrected chi connectivity index (χ2v) is 7.15. The highest BCUT2D eigenvalue weighted by Crippen LogP contribution is 2.24. The third-order valence-electron chi connectivity index (χ3n) is 4.08. The maximum Gasteiger partial charge on any atom is 0.263 e. The fourth-order valence-electron chi connectivity index (χ4n) is 2.67. The van der Waals surface area contributed by atoms with Crippen LogP contribution >= 0.6 is 11.3 Å². The van der Waals surface area contributed by atoms with Crippen molar-refractivity contribution in [3.05, 3.63) is 84.1 Å². The van der Waals surface area contributed by atoms with Gasteiger partial charge < -0.3 is 10.6 Å². The van der Waals surface area contributed by atoms with E-state index in [0.29, 0.717) is 10.6 Å². The van der Waals surface area contributed by atoms with Crippen LogP contribution < -0.4 is 10.6 Å². The number of nitrogens with one attached hydrogen (secondary N) is 2. The summed E-state index contributed by atoms with van der Waals surface area (Å²) in [5, 5.41) is 10.3. The Balaban J connectivity index is 1.30. The SMILES string of the molecule is O=C(CNC(=O)c1cnc(-c2ccccc2)s1)Nc1ccc(-n2cccn2)cc1. The second-order valence-electron chi connectivity index (χ2n) is 6.12. The van der Waals surface area contributed by atoms with E-state index in [1.165, 1.54) is 17.5 Å². The average molecular weight is 403 g/mol. The minimum Gasteiger partial charge on any atom is -0.342 e. The molecule has 0 aliphatic rings. The second kappa shape index (κ2) is 8.49. The first-order valence-electron chi connectivity index (χ1n) is 8.88. The van der Waals surface area contributed by atoms with Crippen molar-refractivity contribution in [3.8, 4) is 16.3 Å². The molecule has 8 heteroatoms. The zero-order chi connectivity index (χ0) is 20.1. The van der Waals surface area contributed by atoms with E-state index in [1.807, 2.05) is 54.7 Å². The molecular weight excluding hydrogens is 386 g/mol. The van der Waals surface area contributed by atoms with Crippen molar-refractivity contribution in [1.82, 2.24) is 20.1 Å². The Morgan fingerprint density at radius 1 is 1.00 bits per heavy atom. The van der Waals surface area contributed by atoms with Gasteiger partial charge in [-0.2, -0.15) is 5.10 Å². The van der Waals surface area contributed by atoms with E-state index in [1.54, 1.807) is 23.0 Å². The molecule has 0 atom stereocenters.